The van der Waals surface area contributed by atoms with Crippen LogP contribution in [0.15, 0.2) is 65.4 Å². The number of hydrogen-bond acceptors (Lipinski definition) is 4. The van der Waals surface area contributed by atoms with Crippen molar-refractivity contribution in [2.45, 2.75) is 13.8 Å². The van der Waals surface area contributed by atoms with Crippen molar-refractivity contribution in [1.82, 2.24) is 0 Å². The van der Waals surface area contributed by atoms with Crippen LogP contribution in [0.2, 0.25) is 0 Å². The van der Waals surface area contributed by atoms with Gasteiger partial charge in [0, 0.05) is 22.5 Å². The fourth-order valence-corrected chi connectivity index (χ4v) is 3.10. The largest absolute Gasteiger partial charge is 0.465 e. The number of amides is 1. The van der Waals surface area contributed by atoms with Crippen LogP contribution in [0.25, 0.3) is 6.08 Å². The third-order valence-electron chi connectivity index (χ3n) is 4.51. The molecule has 0 radical (unpaired) electrons. The van der Waals surface area contributed by atoms with E-state index in [4.69, 9.17) is 4.74 Å². The van der Waals surface area contributed by atoms with E-state index in [-0.39, 0.29) is 22.5 Å². The Kier molecular flexibility index (Phi) is 5.22. The molecule has 0 bridgehead atoms. The molecule has 1 heterocycles. The molecule has 142 valence electrons. The molecular weight excluding hydrogens is 361 g/mol. The lowest BCUT2D eigenvalue weighted by Crippen LogP contribution is -2.24. The van der Waals surface area contributed by atoms with E-state index in [1.165, 1.54) is 43.2 Å². The van der Waals surface area contributed by atoms with Gasteiger partial charge in [0.2, 0.25) is 0 Å². The van der Waals surface area contributed by atoms with Gasteiger partial charge in [-0.3, -0.25) is 14.5 Å². The predicted octanol–water partition coefficient (Wildman–Crippen LogP) is 3.91. The molecule has 5 nitrogen and oxygen atoms in total. The van der Waals surface area contributed by atoms with Crippen molar-refractivity contribution in [2.24, 2.45) is 0 Å². The highest BCUT2D eigenvalue weighted by Gasteiger charge is 2.38. The standard InChI is InChI=1S/C22H18FNO4/c1-13-20(22(27)28-3)18(12-16-7-4-5-10-19(16)23)21(26)24(13)17-9-6-8-15(11-17)14(2)25/h4-12H,1-3H3/b18-12-. The minimum Gasteiger partial charge on any atom is -0.465 e. The van der Waals surface area contributed by atoms with Crippen LogP contribution in [-0.2, 0) is 14.3 Å². The van der Waals surface area contributed by atoms with Gasteiger partial charge in [0.25, 0.3) is 5.91 Å². The highest BCUT2D eigenvalue weighted by Crippen LogP contribution is 2.36. The van der Waals surface area contributed by atoms with E-state index in [9.17, 15) is 18.8 Å². The number of carbonyl (C=O) groups is 3. The second-order valence-corrected chi connectivity index (χ2v) is 6.28. The van der Waals surface area contributed by atoms with Gasteiger partial charge in [-0.2, -0.15) is 0 Å². The zero-order chi connectivity index (χ0) is 20.4. The van der Waals surface area contributed by atoms with E-state index in [1.807, 2.05) is 0 Å². The van der Waals surface area contributed by atoms with Crippen LogP contribution < -0.4 is 4.90 Å². The van der Waals surface area contributed by atoms with Crippen molar-refractivity contribution in [3.8, 4) is 0 Å². The highest BCUT2D eigenvalue weighted by atomic mass is 19.1. The van der Waals surface area contributed by atoms with E-state index < -0.39 is 17.7 Å². The Balaban J connectivity index is 2.17. The summed E-state index contributed by atoms with van der Waals surface area (Å²) in [5.74, 6) is -1.85. The number of anilines is 1. The number of methoxy groups -OCH3 is 1. The predicted molar refractivity (Wildman–Crippen MR) is 103 cm³/mol. The molecule has 2 aromatic rings. The second-order valence-electron chi connectivity index (χ2n) is 6.28. The summed E-state index contributed by atoms with van der Waals surface area (Å²) >= 11 is 0. The van der Waals surface area contributed by atoms with Crippen LogP contribution >= 0.6 is 0 Å². The second kappa shape index (κ2) is 7.60. The SMILES string of the molecule is COC(=O)C1=C(C)N(c2cccc(C(C)=O)c2)C(=O)/C1=C\c1ccccc1F. The fraction of sp³-hybridized carbons (Fsp3) is 0.136. The molecule has 0 N–H and O–H groups in total. The van der Waals surface area contributed by atoms with Crippen LogP contribution in [0.3, 0.4) is 0 Å². The molecule has 0 saturated heterocycles. The normalized spacial score (nSPS) is 15.4. The first-order valence-electron chi connectivity index (χ1n) is 8.56. The first kappa shape index (κ1) is 19.2. The quantitative estimate of drug-likeness (QED) is 0.459. The zero-order valence-corrected chi connectivity index (χ0v) is 15.7. The Morgan fingerprint density at radius 1 is 1.11 bits per heavy atom. The number of rotatable bonds is 4. The van der Waals surface area contributed by atoms with Crippen LogP contribution in [0.4, 0.5) is 10.1 Å². The van der Waals surface area contributed by atoms with Gasteiger partial charge >= 0.3 is 5.97 Å². The summed E-state index contributed by atoms with van der Waals surface area (Å²) in [6, 6.07) is 12.5. The molecule has 0 unspecified atom stereocenters. The number of esters is 1. The Morgan fingerprint density at radius 3 is 2.46 bits per heavy atom. The fourth-order valence-electron chi connectivity index (χ4n) is 3.10. The van der Waals surface area contributed by atoms with Crippen molar-refractivity contribution in [2.75, 3.05) is 12.0 Å². The summed E-state index contributed by atoms with van der Waals surface area (Å²) in [6.45, 7) is 3.03. The van der Waals surface area contributed by atoms with Gasteiger partial charge in [-0.1, -0.05) is 30.3 Å². The zero-order valence-electron chi connectivity index (χ0n) is 15.7. The lowest BCUT2D eigenvalue weighted by atomic mass is 10.0. The number of carbonyl (C=O) groups excluding carboxylic acids is 3. The number of ketones is 1. The number of benzene rings is 2. The number of halogens is 1. The van der Waals surface area contributed by atoms with E-state index in [0.717, 1.165) is 0 Å². The Bertz CT molecular complexity index is 1050. The summed E-state index contributed by atoms with van der Waals surface area (Å²) in [5.41, 5.74) is 1.49. The molecule has 0 fully saturated rings. The van der Waals surface area contributed by atoms with Crippen LogP contribution in [0, 0.1) is 5.82 Å². The van der Waals surface area contributed by atoms with Crippen molar-refractivity contribution in [1.29, 1.82) is 0 Å². The number of allylic oxidation sites excluding steroid dienone is 1. The van der Waals surface area contributed by atoms with Crippen LogP contribution in [0.1, 0.15) is 29.8 Å². The molecule has 1 aliphatic heterocycles. The maximum Gasteiger partial charge on any atom is 0.340 e. The van der Waals surface area contributed by atoms with Gasteiger partial charge in [0.05, 0.1) is 18.3 Å². The molecule has 6 heteroatoms. The lowest BCUT2D eigenvalue weighted by Gasteiger charge is -2.18. The van der Waals surface area contributed by atoms with Gasteiger partial charge < -0.3 is 4.74 Å². The number of hydrogen-bond donors (Lipinski definition) is 0. The van der Waals surface area contributed by atoms with E-state index in [1.54, 1.807) is 37.3 Å². The molecule has 3 rings (SSSR count). The van der Waals surface area contributed by atoms with Crippen molar-refractivity contribution >= 4 is 29.4 Å². The molecule has 0 atom stereocenters. The topological polar surface area (TPSA) is 63.7 Å². The van der Waals surface area contributed by atoms with E-state index >= 15 is 0 Å². The average molecular weight is 379 g/mol. The number of Topliss-reactive ketones (excluding diaryl/α,β-unsaturated/α-hetero) is 1. The van der Waals surface area contributed by atoms with Crippen molar-refractivity contribution < 1.29 is 23.5 Å². The average Bonchev–Trinajstić information content (AvgIpc) is 2.93. The van der Waals surface area contributed by atoms with Gasteiger partial charge in [-0.25, -0.2) is 9.18 Å². The first-order chi connectivity index (χ1) is 13.3. The summed E-state index contributed by atoms with van der Waals surface area (Å²) < 4.78 is 18.9. The maximum absolute atomic E-state index is 14.1. The smallest absolute Gasteiger partial charge is 0.340 e. The third kappa shape index (κ3) is 3.36. The van der Waals surface area contributed by atoms with Crippen molar-refractivity contribution in [3.05, 3.63) is 82.3 Å². The number of nitrogens with zero attached hydrogens (tertiary/aromatic N) is 1. The molecule has 0 aromatic heterocycles. The molecule has 0 spiro atoms. The Hall–Kier alpha value is -3.54. The lowest BCUT2D eigenvalue weighted by molar-refractivity contribution is -0.136. The highest BCUT2D eigenvalue weighted by molar-refractivity contribution is 6.24. The molecule has 1 aliphatic rings. The van der Waals surface area contributed by atoms with Gasteiger partial charge in [-0.15, -0.1) is 0 Å². The van der Waals surface area contributed by atoms with Crippen molar-refractivity contribution in [3.63, 3.8) is 0 Å². The molecule has 2 aromatic carbocycles. The first-order valence-corrected chi connectivity index (χ1v) is 8.56. The summed E-state index contributed by atoms with van der Waals surface area (Å²) in [5, 5.41) is 0. The summed E-state index contributed by atoms with van der Waals surface area (Å²) in [6.07, 6.45) is 1.34. The van der Waals surface area contributed by atoms with Gasteiger partial charge in [0.15, 0.2) is 5.78 Å². The molecule has 1 amide bonds. The molecular formula is C22H18FNO4. The van der Waals surface area contributed by atoms with E-state index in [0.29, 0.717) is 16.9 Å². The summed E-state index contributed by atoms with van der Waals surface area (Å²) in [7, 11) is 1.22. The van der Waals surface area contributed by atoms with Crippen LogP contribution in [0.5, 0.6) is 0 Å². The minimum absolute atomic E-state index is 0.0303. The third-order valence-corrected chi connectivity index (χ3v) is 4.51. The molecule has 0 aliphatic carbocycles. The molecule has 0 saturated carbocycles. The maximum atomic E-state index is 14.1. The van der Waals surface area contributed by atoms with Crippen LogP contribution in [-0.4, -0.2) is 24.8 Å². The number of ether oxygens (including phenoxy) is 1. The Morgan fingerprint density at radius 2 is 1.82 bits per heavy atom. The minimum atomic E-state index is -0.696. The van der Waals surface area contributed by atoms with Gasteiger partial charge in [0.1, 0.15) is 5.82 Å². The van der Waals surface area contributed by atoms with Gasteiger partial charge in [-0.05, 0) is 38.1 Å². The van der Waals surface area contributed by atoms with E-state index in [2.05, 4.69) is 0 Å². The monoisotopic (exact) mass is 379 g/mol. The molecule has 28 heavy (non-hydrogen) atoms. The summed E-state index contributed by atoms with van der Waals surface area (Å²) in [4.78, 5) is 38.5. The Labute approximate surface area is 161 Å².